The number of amides is 1. The van der Waals surface area contributed by atoms with E-state index < -0.39 is 0 Å². The first-order valence-electron chi connectivity index (χ1n) is 9.56. The fourth-order valence-corrected chi connectivity index (χ4v) is 2.91. The van der Waals surface area contributed by atoms with Gasteiger partial charge in [-0.3, -0.25) is 4.79 Å². The molecule has 0 aliphatic heterocycles. The smallest absolute Gasteiger partial charge is 0.220 e. The van der Waals surface area contributed by atoms with Crippen LogP contribution in [0.4, 0.5) is 0 Å². The van der Waals surface area contributed by atoms with Gasteiger partial charge >= 0.3 is 0 Å². The predicted octanol–water partition coefficient (Wildman–Crippen LogP) is 2.44. The number of ether oxygens (including phenoxy) is 1. The van der Waals surface area contributed by atoms with Gasteiger partial charge in [-0.15, -0.1) is 5.10 Å². The summed E-state index contributed by atoms with van der Waals surface area (Å²) in [5.74, 6) is 6.04. The number of hydrogen-bond donors (Lipinski definition) is 1. The average molecular weight is 417 g/mol. The molecule has 0 aromatic carbocycles. The van der Waals surface area contributed by atoms with Crippen molar-refractivity contribution < 1.29 is 9.53 Å². The van der Waals surface area contributed by atoms with Crippen molar-refractivity contribution in [2.45, 2.75) is 63.9 Å². The summed E-state index contributed by atoms with van der Waals surface area (Å²) in [6.45, 7) is 7.59. The van der Waals surface area contributed by atoms with Crippen LogP contribution in [0.15, 0.2) is 23.7 Å². The molecule has 2 aromatic rings. The fourth-order valence-electron chi connectivity index (χ4n) is 2.59. The Morgan fingerprint density at radius 2 is 2.10 bits per heavy atom. The molecular weight excluding hydrogens is 388 g/mol. The molecule has 0 unspecified atom stereocenters. The molecule has 2 heterocycles. The van der Waals surface area contributed by atoms with Crippen LogP contribution in [-0.4, -0.2) is 49.3 Å². The van der Waals surface area contributed by atoms with Crippen molar-refractivity contribution in [1.29, 1.82) is 0 Å². The monoisotopic (exact) mass is 416 g/mol. The predicted molar refractivity (Wildman–Crippen MR) is 112 cm³/mol. The van der Waals surface area contributed by atoms with Crippen LogP contribution < -0.4 is 5.32 Å². The maximum absolute atomic E-state index is 12.0. The minimum atomic E-state index is -0.312. The zero-order chi connectivity index (χ0) is 21.1. The maximum Gasteiger partial charge on any atom is 0.220 e. The van der Waals surface area contributed by atoms with Crippen LogP contribution in [0, 0.1) is 11.8 Å². The van der Waals surface area contributed by atoms with Crippen molar-refractivity contribution in [3.05, 3.63) is 29.8 Å². The van der Waals surface area contributed by atoms with Crippen molar-refractivity contribution in [2.24, 2.45) is 0 Å². The van der Waals surface area contributed by atoms with E-state index >= 15 is 0 Å². The van der Waals surface area contributed by atoms with E-state index in [2.05, 4.69) is 37.4 Å². The van der Waals surface area contributed by atoms with E-state index in [0.717, 1.165) is 16.4 Å². The first-order chi connectivity index (χ1) is 13.9. The molecule has 0 aliphatic carbocycles. The lowest BCUT2D eigenvalue weighted by atomic mass is 10.1. The molecule has 8 nitrogen and oxygen atoms in total. The highest BCUT2D eigenvalue weighted by atomic mass is 32.2. The second-order valence-corrected chi connectivity index (χ2v) is 7.76. The Bertz CT molecular complexity index is 839. The van der Waals surface area contributed by atoms with Crippen LogP contribution in [0.2, 0.25) is 0 Å². The molecule has 0 fully saturated rings. The van der Waals surface area contributed by atoms with E-state index in [9.17, 15) is 4.79 Å². The van der Waals surface area contributed by atoms with E-state index in [-0.39, 0.29) is 11.5 Å². The summed E-state index contributed by atoms with van der Waals surface area (Å²) in [4.78, 5) is 20.3. The summed E-state index contributed by atoms with van der Waals surface area (Å²) < 4.78 is 7.40. The lowest BCUT2D eigenvalue weighted by molar-refractivity contribution is -0.121. The maximum atomic E-state index is 12.0. The van der Waals surface area contributed by atoms with Crippen LogP contribution in [-0.2, 0) is 22.6 Å². The van der Waals surface area contributed by atoms with E-state index in [1.807, 2.05) is 33.2 Å². The highest BCUT2D eigenvalue weighted by molar-refractivity contribution is 7.98. The van der Waals surface area contributed by atoms with Crippen LogP contribution in [0.3, 0.4) is 0 Å². The Morgan fingerprint density at radius 3 is 2.79 bits per heavy atom. The van der Waals surface area contributed by atoms with Crippen LogP contribution >= 0.6 is 11.8 Å². The number of thioether (sulfide) groups is 1. The third-order valence-corrected chi connectivity index (χ3v) is 4.46. The SMILES string of the molecule is CCOC(C)(C)Cn1cc(CNC(=O)CCCC#Cc2cnc(SC)nc2)nn1. The quantitative estimate of drug-likeness (QED) is 0.275. The number of nitrogens with zero attached hydrogens (tertiary/aromatic N) is 5. The molecule has 0 spiro atoms. The number of aromatic nitrogens is 5. The minimum Gasteiger partial charge on any atom is -0.374 e. The Balaban J connectivity index is 1.67. The number of nitrogens with one attached hydrogen (secondary N) is 1. The van der Waals surface area contributed by atoms with Crippen molar-refractivity contribution in [2.75, 3.05) is 12.9 Å². The zero-order valence-corrected chi connectivity index (χ0v) is 18.3. The Hall–Kier alpha value is -2.44. The molecule has 2 rings (SSSR count). The standard InChI is InChI=1S/C20H28N6O2S/c1-5-28-20(2,3)15-26-14-17(24-25-26)13-21-18(27)10-8-6-7-9-16-11-22-19(29-4)23-12-16/h11-12,14H,5-6,8,10,13,15H2,1-4H3,(H,21,27). The van der Waals surface area contributed by atoms with E-state index in [0.29, 0.717) is 39.0 Å². The molecule has 0 atom stereocenters. The van der Waals surface area contributed by atoms with Crippen molar-refractivity contribution in [3.63, 3.8) is 0 Å². The fraction of sp³-hybridized carbons (Fsp3) is 0.550. The zero-order valence-electron chi connectivity index (χ0n) is 17.4. The van der Waals surface area contributed by atoms with Crippen molar-refractivity contribution in [3.8, 4) is 11.8 Å². The second-order valence-electron chi connectivity index (χ2n) is 6.99. The lowest BCUT2D eigenvalue weighted by Gasteiger charge is -2.23. The lowest BCUT2D eigenvalue weighted by Crippen LogP contribution is -2.30. The molecule has 0 radical (unpaired) electrons. The molecule has 9 heteroatoms. The summed E-state index contributed by atoms with van der Waals surface area (Å²) in [6.07, 6.45) is 8.93. The van der Waals surface area contributed by atoms with Gasteiger partial charge < -0.3 is 10.1 Å². The molecule has 0 aliphatic rings. The summed E-state index contributed by atoms with van der Waals surface area (Å²) >= 11 is 1.49. The van der Waals surface area contributed by atoms with Gasteiger partial charge in [0.1, 0.15) is 5.69 Å². The van der Waals surface area contributed by atoms with Gasteiger partial charge in [-0.1, -0.05) is 28.8 Å². The van der Waals surface area contributed by atoms with Crippen LogP contribution in [0.5, 0.6) is 0 Å². The van der Waals surface area contributed by atoms with Gasteiger partial charge in [-0.2, -0.15) is 0 Å². The molecule has 0 saturated heterocycles. The highest BCUT2D eigenvalue weighted by Gasteiger charge is 2.19. The summed E-state index contributed by atoms with van der Waals surface area (Å²) in [5.41, 5.74) is 1.19. The highest BCUT2D eigenvalue weighted by Crippen LogP contribution is 2.12. The van der Waals surface area contributed by atoms with E-state index in [4.69, 9.17) is 4.74 Å². The molecule has 1 N–H and O–H groups in total. The molecule has 1 amide bonds. The largest absolute Gasteiger partial charge is 0.374 e. The minimum absolute atomic E-state index is 0.0244. The topological polar surface area (TPSA) is 94.8 Å². The Labute approximate surface area is 176 Å². The Kier molecular flexibility index (Phi) is 9.09. The summed E-state index contributed by atoms with van der Waals surface area (Å²) in [6, 6.07) is 0. The molecule has 0 bridgehead atoms. The number of carbonyl (C=O) groups is 1. The second kappa shape index (κ2) is 11.5. The molecule has 2 aromatic heterocycles. The van der Waals surface area contributed by atoms with E-state index in [1.54, 1.807) is 17.1 Å². The van der Waals surface area contributed by atoms with Gasteiger partial charge in [-0.25, -0.2) is 14.6 Å². The van der Waals surface area contributed by atoms with Crippen molar-refractivity contribution in [1.82, 2.24) is 30.3 Å². The first-order valence-corrected chi connectivity index (χ1v) is 10.8. The van der Waals surface area contributed by atoms with Crippen LogP contribution in [0.25, 0.3) is 0 Å². The molecule has 156 valence electrons. The Morgan fingerprint density at radius 1 is 1.34 bits per heavy atom. The normalized spacial score (nSPS) is 11.0. The summed E-state index contributed by atoms with van der Waals surface area (Å²) in [7, 11) is 0. The third kappa shape index (κ3) is 8.62. The van der Waals surface area contributed by atoms with Gasteiger partial charge in [0.2, 0.25) is 5.91 Å². The average Bonchev–Trinajstić information content (AvgIpc) is 3.13. The number of unbranched alkanes of at least 4 members (excludes halogenated alkanes) is 1. The molecular formula is C20H28N6O2S. The van der Waals surface area contributed by atoms with Gasteiger partial charge in [0.25, 0.3) is 0 Å². The number of carbonyl (C=O) groups excluding carboxylic acids is 1. The molecule has 29 heavy (non-hydrogen) atoms. The van der Waals surface area contributed by atoms with Crippen molar-refractivity contribution >= 4 is 17.7 Å². The third-order valence-electron chi connectivity index (χ3n) is 3.88. The van der Waals surface area contributed by atoms with Gasteiger partial charge in [0.05, 0.1) is 30.5 Å². The van der Waals surface area contributed by atoms with Gasteiger partial charge in [0.15, 0.2) is 5.16 Å². The number of hydrogen-bond acceptors (Lipinski definition) is 7. The molecule has 0 saturated carbocycles. The van der Waals surface area contributed by atoms with E-state index in [1.165, 1.54) is 11.8 Å². The van der Waals surface area contributed by atoms with Gasteiger partial charge in [0, 0.05) is 31.8 Å². The van der Waals surface area contributed by atoms with Crippen LogP contribution in [0.1, 0.15) is 51.3 Å². The van der Waals surface area contributed by atoms with Gasteiger partial charge in [-0.05, 0) is 33.4 Å². The number of rotatable bonds is 10. The summed E-state index contributed by atoms with van der Waals surface area (Å²) in [5, 5.41) is 11.8. The first kappa shape index (κ1) is 22.8.